The molecule has 37 heavy (non-hydrogen) atoms. The largest absolute Gasteiger partial charge is 0.497 e. The van der Waals surface area contributed by atoms with Gasteiger partial charge in [-0.15, -0.1) is 0 Å². The van der Waals surface area contributed by atoms with Crippen LogP contribution in [0.2, 0.25) is 0 Å². The second-order valence-corrected chi connectivity index (χ2v) is 8.32. The predicted octanol–water partition coefficient (Wildman–Crippen LogP) is 6.27. The zero-order chi connectivity index (χ0) is 26.6. The van der Waals surface area contributed by atoms with Crippen molar-refractivity contribution in [2.75, 3.05) is 13.7 Å². The fourth-order valence-corrected chi connectivity index (χ4v) is 4.05. The molecule has 0 radical (unpaired) electrons. The van der Waals surface area contributed by atoms with Crippen molar-refractivity contribution in [3.05, 3.63) is 83.1 Å². The third-order valence-electron chi connectivity index (χ3n) is 5.82. The maximum Gasteiger partial charge on any atom is 0.420 e. The van der Waals surface area contributed by atoms with E-state index in [1.165, 1.54) is 13.2 Å². The van der Waals surface area contributed by atoms with Crippen molar-refractivity contribution < 1.29 is 36.6 Å². The molecule has 0 amide bonds. The van der Waals surface area contributed by atoms with Crippen molar-refractivity contribution in [2.24, 2.45) is 5.73 Å². The molecule has 194 valence electrons. The summed E-state index contributed by atoms with van der Waals surface area (Å²) in [4.78, 5) is 12.1. The average Bonchev–Trinajstić information content (AvgIpc) is 3.32. The molecule has 1 heterocycles. The molecule has 0 atom stereocenters. The first kappa shape index (κ1) is 26.1. The minimum Gasteiger partial charge on any atom is -0.497 e. The van der Waals surface area contributed by atoms with Gasteiger partial charge in [0.15, 0.2) is 0 Å². The number of halogens is 3. The van der Waals surface area contributed by atoms with E-state index in [4.69, 9.17) is 24.4 Å². The summed E-state index contributed by atoms with van der Waals surface area (Å²) in [7, 11) is 1.50. The molecular formula is C28H26F3NO5. The Morgan fingerprint density at radius 2 is 1.86 bits per heavy atom. The number of hydrogen-bond donors (Lipinski definition) is 1. The Balaban J connectivity index is 1.75. The van der Waals surface area contributed by atoms with Crippen LogP contribution in [0.15, 0.2) is 65.3 Å². The van der Waals surface area contributed by atoms with Gasteiger partial charge in [-0.3, -0.25) is 4.79 Å². The molecule has 1 aromatic heterocycles. The van der Waals surface area contributed by atoms with E-state index in [1.807, 2.05) is 12.1 Å². The second kappa shape index (κ2) is 11.0. The number of furan rings is 1. The topological polar surface area (TPSA) is 83.9 Å². The lowest BCUT2D eigenvalue weighted by Gasteiger charge is -2.14. The molecular weight excluding hydrogens is 487 g/mol. The van der Waals surface area contributed by atoms with E-state index in [-0.39, 0.29) is 37.1 Å². The highest BCUT2D eigenvalue weighted by atomic mass is 19.4. The Labute approximate surface area is 211 Å². The number of carbonyl (C=O) groups is 1. The quantitative estimate of drug-likeness (QED) is 0.266. The van der Waals surface area contributed by atoms with Crippen LogP contribution in [-0.2, 0) is 35.3 Å². The number of ether oxygens (including phenoxy) is 3. The van der Waals surface area contributed by atoms with Crippen molar-refractivity contribution in [1.29, 1.82) is 0 Å². The molecule has 0 aliphatic heterocycles. The zero-order valence-corrected chi connectivity index (χ0v) is 20.4. The number of alkyl halides is 3. The van der Waals surface area contributed by atoms with E-state index in [1.54, 1.807) is 43.3 Å². The van der Waals surface area contributed by atoms with Crippen LogP contribution >= 0.6 is 0 Å². The van der Waals surface area contributed by atoms with Crippen LogP contribution in [0.3, 0.4) is 0 Å². The van der Waals surface area contributed by atoms with Gasteiger partial charge in [-0.05, 0) is 47.9 Å². The third kappa shape index (κ3) is 5.89. The number of fused-ring (bicyclic) bond motifs is 1. The van der Waals surface area contributed by atoms with Crippen molar-refractivity contribution >= 4 is 16.9 Å². The summed E-state index contributed by atoms with van der Waals surface area (Å²) in [5.41, 5.74) is 8.05. The van der Waals surface area contributed by atoms with Crippen molar-refractivity contribution in [1.82, 2.24) is 0 Å². The lowest BCUT2D eigenvalue weighted by atomic mass is 9.97. The molecule has 0 bridgehead atoms. The van der Waals surface area contributed by atoms with E-state index in [2.05, 4.69) is 0 Å². The van der Waals surface area contributed by atoms with Crippen LogP contribution in [0.5, 0.6) is 11.5 Å². The van der Waals surface area contributed by atoms with E-state index in [0.717, 1.165) is 11.8 Å². The molecule has 0 fully saturated rings. The Kier molecular flexibility index (Phi) is 7.73. The average molecular weight is 514 g/mol. The van der Waals surface area contributed by atoms with E-state index in [0.29, 0.717) is 33.8 Å². The van der Waals surface area contributed by atoms with Gasteiger partial charge in [-0.25, -0.2) is 0 Å². The van der Waals surface area contributed by atoms with Gasteiger partial charge >= 0.3 is 12.1 Å². The number of esters is 1. The SMILES string of the molecule is CCOC(=O)Cc1ccc(OC)cc1OCc1cc(-c2cccc(CN)c2)c2occ(C(F)(F)F)c2c1. The van der Waals surface area contributed by atoms with Gasteiger partial charge in [0.2, 0.25) is 0 Å². The van der Waals surface area contributed by atoms with Gasteiger partial charge in [-0.2, -0.15) is 13.2 Å². The fourth-order valence-electron chi connectivity index (χ4n) is 4.05. The molecule has 0 spiro atoms. The van der Waals surface area contributed by atoms with Gasteiger partial charge in [-0.1, -0.05) is 24.3 Å². The predicted molar refractivity (Wildman–Crippen MR) is 132 cm³/mol. The Morgan fingerprint density at radius 1 is 1.05 bits per heavy atom. The number of nitrogens with two attached hydrogens (primary N) is 1. The highest BCUT2D eigenvalue weighted by Gasteiger charge is 2.35. The summed E-state index contributed by atoms with van der Waals surface area (Å²) in [6.45, 7) is 2.17. The molecule has 3 aromatic carbocycles. The van der Waals surface area contributed by atoms with Crippen LogP contribution in [0, 0.1) is 0 Å². The van der Waals surface area contributed by atoms with Crippen molar-refractivity contribution in [3.8, 4) is 22.6 Å². The Bertz CT molecular complexity index is 1410. The smallest absolute Gasteiger partial charge is 0.420 e. The molecule has 6 nitrogen and oxygen atoms in total. The number of carbonyl (C=O) groups excluding carboxylic acids is 1. The molecule has 0 aliphatic rings. The lowest BCUT2D eigenvalue weighted by Crippen LogP contribution is -2.09. The summed E-state index contributed by atoms with van der Waals surface area (Å²) in [6, 6.07) is 15.4. The standard InChI is InChI=1S/C28H26F3NO5/c1-3-35-26(33)12-20-7-8-21(34-2)13-25(20)36-15-18-10-22(19-6-4-5-17(9-19)14-32)27-23(11-18)24(16-37-27)28(29,30)31/h4-11,13,16H,3,12,14-15,32H2,1-2H3. The second-order valence-electron chi connectivity index (χ2n) is 8.32. The number of rotatable bonds is 9. The molecule has 2 N–H and O–H groups in total. The molecule has 4 aromatic rings. The van der Waals surface area contributed by atoms with Crippen LogP contribution in [0.1, 0.15) is 29.2 Å². The summed E-state index contributed by atoms with van der Waals surface area (Å²) >= 11 is 0. The number of methoxy groups -OCH3 is 1. The van der Waals surface area contributed by atoms with Gasteiger partial charge in [0.05, 0.1) is 20.1 Å². The van der Waals surface area contributed by atoms with Gasteiger partial charge < -0.3 is 24.4 Å². The first-order valence-electron chi connectivity index (χ1n) is 11.6. The summed E-state index contributed by atoms with van der Waals surface area (Å²) in [6.07, 6.45) is -3.89. The molecule has 9 heteroatoms. The van der Waals surface area contributed by atoms with Crippen LogP contribution in [-0.4, -0.2) is 19.7 Å². The maximum atomic E-state index is 13.7. The summed E-state index contributed by atoms with van der Waals surface area (Å²) < 4.78 is 63.0. The molecule has 0 aliphatic carbocycles. The fraction of sp³-hybridized carbons (Fsp3) is 0.250. The van der Waals surface area contributed by atoms with E-state index >= 15 is 0 Å². The minimum atomic E-state index is -4.60. The molecule has 0 saturated heterocycles. The summed E-state index contributed by atoms with van der Waals surface area (Å²) in [5, 5.41) is -0.0702. The Morgan fingerprint density at radius 3 is 2.57 bits per heavy atom. The molecule has 0 saturated carbocycles. The van der Waals surface area contributed by atoms with Crippen LogP contribution in [0.25, 0.3) is 22.1 Å². The normalized spacial score (nSPS) is 11.5. The van der Waals surface area contributed by atoms with Crippen LogP contribution in [0.4, 0.5) is 13.2 Å². The first-order valence-corrected chi connectivity index (χ1v) is 11.6. The maximum absolute atomic E-state index is 13.7. The van der Waals surface area contributed by atoms with Crippen molar-refractivity contribution in [3.63, 3.8) is 0 Å². The van der Waals surface area contributed by atoms with Crippen LogP contribution < -0.4 is 15.2 Å². The minimum absolute atomic E-state index is 0.0245. The molecule has 0 unspecified atom stereocenters. The van der Waals surface area contributed by atoms with Gasteiger partial charge in [0.25, 0.3) is 0 Å². The first-order chi connectivity index (χ1) is 17.7. The summed E-state index contributed by atoms with van der Waals surface area (Å²) in [5.74, 6) is 0.447. The lowest BCUT2D eigenvalue weighted by molar-refractivity contribution is -0.142. The monoisotopic (exact) mass is 513 g/mol. The molecule has 4 rings (SSSR count). The third-order valence-corrected chi connectivity index (χ3v) is 5.82. The highest BCUT2D eigenvalue weighted by molar-refractivity contribution is 5.95. The number of benzene rings is 3. The number of hydrogen-bond acceptors (Lipinski definition) is 6. The van der Waals surface area contributed by atoms with Gasteiger partial charge in [0.1, 0.15) is 35.5 Å². The van der Waals surface area contributed by atoms with E-state index < -0.39 is 17.7 Å². The zero-order valence-electron chi connectivity index (χ0n) is 20.4. The van der Waals surface area contributed by atoms with Gasteiger partial charge in [0, 0.05) is 29.1 Å². The Hall–Kier alpha value is -3.98. The van der Waals surface area contributed by atoms with Crippen molar-refractivity contribution in [2.45, 2.75) is 32.7 Å². The highest BCUT2D eigenvalue weighted by Crippen LogP contribution is 2.41. The van der Waals surface area contributed by atoms with E-state index in [9.17, 15) is 18.0 Å².